The molecule has 1 atom stereocenters. The minimum Gasteiger partial charge on any atom is -0.479 e. The first-order chi connectivity index (χ1) is 6.16. The smallest absolute Gasteiger partial charge is 0.254 e. The van der Waals surface area contributed by atoms with Crippen molar-refractivity contribution in [2.24, 2.45) is 5.73 Å². The summed E-state index contributed by atoms with van der Waals surface area (Å²) in [4.78, 5) is 0. The second kappa shape index (κ2) is 3.76. The number of nitrogens with two attached hydrogens (primary N) is 1. The van der Waals surface area contributed by atoms with Crippen molar-refractivity contribution in [1.29, 1.82) is 0 Å². The van der Waals surface area contributed by atoms with E-state index >= 15 is 0 Å². The van der Waals surface area contributed by atoms with Crippen molar-refractivity contribution in [3.63, 3.8) is 0 Å². The van der Waals surface area contributed by atoms with Gasteiger partial charge in [0, 0.05) is 19.7 Å². The van der Waals surface area contributed by atoms with E-state index in [1.807, 2.05) is 6.92 Å². The molecule has 2 N–H and O–H groups in total. The summed E-state index contributed by atoms with van der Waals surface area (Å²) in [5.41, 5.74) is 4.91. The molecule has 0 amide bonds. The zero-order valence-corrected chi connectivity index (χ0v) is 8.03. The van der Waals surface area contributed by atoms with Gasteiger partial charge in [0.15, 0.2) is 5.76 Å². The van der Waals surface area contributed by atoms with Gasteiger partial charge in [-0.1, -0.05) is 0 Å². The summed E-state index contributed by atoms with van der Waals surface area (Å²) in [7, 11) is 3.09. The van der Waals surface area contributed by atoms with Crippen LogP contribution in [-0.4, -0.2) is 25.9 Å². The third-order valence-corrected chi connectivity index (χ3v) is 2.06. The van der Waals surface area contributed by atoms with E-state index in [9.17, 15) is 0 Å². The lowest BCUT2D eigenvalue weighted by Gasteiger charge is -2.22. The van der Waals surface area contributed by atoms with E-state index in [4.69, 9.17) is 19.7 Å². The van der Waals surface area contributed by atoms with Crippen LogP contribution < -0.4 is 10.5 Å². The Bertz CT molecular complexity index is 268. The molecule has 13 heavy (non-hydrogen) atoms. The first-order valence-electron chi connectivity index (χ1n) is 3.92. The van der Waals surface area contributed by atoms with Gasteiger partial charge in [0.2, 0.25) is 0 Å². The average Bonchev–Trinajstić information content (AvgIpc) is 2.65. The summed E-state index contributed by atoms with van der Waals surface area (Å²) in [6.07, 6.45) is 0. The Kier molecular flexibility index (Phi) is 2.90. The van der Waals surface area contributed by atoms with Gasteiger partial charge in [-0.3, -0.25) is 0 Å². The molecule has 1 heterocycles. The molecule has 0 aliphatic carbocycles. The molecule has 0 bridgehead atoms. The van der Waals surface area contributed by atoms with E-state index < -0.39 is 5.60 Å². The van der Waals surface area contributed by atoms with Crippen molar-refractivity contribution in [1.82, 2.24) is 5.16 Å². The molecule has 0 fully saturated rings. The minimum absolute atomic E-state index is 0.321. The zero-order chi connectivity index (χ0) is 9.90. The molecule has 0 radical (unpaired) electrons. The largest absolute Gasteiger partial charge is 0.479 e. The molecule has 1 aromatic rings. The SMILES string of the molecule is COc1cc(C(C)(CN)OC)on1. The standard InChI is InChI=1S/C8H14N2O3/c1-8(5-9,12-3)6-4-7(11-2)10-13-6/h4H,5,9H2,1-3H3. The molecule has 0 saturated carbocycles. The lowest BCUT2D eigenvalue weighted by molar-refractivity contribution is -0.0120. The maximum atomic E-state index is 5.55. The Morgan fingerprint density at radius 2 is 2.31 bits per heavy atom. The van der Waals surface area contributed by atoms with Crippen LogP contribution in [0, 0.1) is 0 Å². The lowest BCUT2D eigenvalue weighted by Crippen LogP contribution is -2.33. The Labute approximate surface area is 76.8 Å². The second-order valence-electron chi connectivity index (χ2n) is 2.87. The number of rotatable bonds is 4. The maximum absolute atomic E-state index is 5.55. The molecule has 0 saturated heterocycles. The second-order valence-corrected chi connectivity index (χ2v) is 2.87. The van der Waals surface area contributed by atoms with Crippen LogP contribution in [0.2, 0.25) is 0 Å². The van der Waals surface area contributed by atoms with Crippen LogP contribution in [0.4, 0.5) is 0 Å². The van der Waals surface area contributed by atoms with E-state index in [0.717, 1.165) is 0 Å². The Balaban J connectivity index is 2.91. The topological polar surface area (TPSA) is 70.5 Å². The minimum atomic E-state index is -0.635. The fourth-order valence-electron chi connectivity index (χ4n) is 0.889. The first-order valence-corrected chi connectivity index (χ1v) is 3.92. The molecule has 74 valence electrons. The highest BCUT2D eigenvalue weighted by Gasteiger charge is 2.29. The van der Waals surface area contributed by atoms with Crippen molar-refractivity contribution < 1.29 is 14.0 Å². The van der Waals surface area contributed by atoms with Crippen LogP contribution in [0.1, 0.15) is 12.7 Å². The average molecular weight is 186 g/mol. The first kappa shape index (κ1) is 10.0. The molecule has 1 aromatic heterocycles. The predicted octanol–water partition coefficient (Wildman–Crippen LogP) is 0.503. The molecular formula is C8H14N2O3. The van der Waals surface area contributed by atoms with Crippen LogP contribution in [0.25, 0.3) is 0 Å². The molecule has 5 nitrogen and oxygen atoms in total. The Hall–Kier alpha value is -1.07. The highest BCUT2D eigenvalue weighted by Crippen LogP contribution is 2.25. The van der Waals surface area contributed by atoms with Crippen LogP contribution in [0.15, 0.2) is 10.6 Å². The third-order valence-electron chi connectivity index (χ3n) is 2.06. The van der Waals surface area contributed by atoms with Gasteiger partial charge in [-0.05, 0) is 12.1 Å². The van der Waals surface area contributed by atoms with Gasteiger partial charge in [0.05, 0.1) is 7.11 Å². The Morgan fingerprint density at radius 1 is 1.62 bits per heavy atom. The zero-order valence-electron chi connectivity index (χ0n) is 8.03. The quantitative estimate of drug-likeness (QED) is 0.741. The molecule has 0 aromatic carbocycles. The van der Waals surface area contributed by atoms with Gasteiger partial charge in [-0.25, -0.2) is 0 Å². The van der Waals surface area contributed by atoms with Crippen molar-refractivity contribution in [2.45, 2.75) is 12.5 Å². The number of nitrogens with zero attached hydrogens (tertiary/aromatic N) is 1. The summed E-state index contributed by atoms with van der Waals surface area (Å²) in [6.45, 7) is 2.15. The monoisotopic (exact) mass is 186 g/mol. The van der Waals surface area contributed by atoms with Gasteiger partial charge >= 0.3 is 0 Å². The third kappa shape index (κ3) is 1.81. The number of hydrogen-bond acceptors (Lipinski definition) is 5. The fraction of sp³-hybridized carbons (Fsp3) is 0.625. The molecule has 0 spiro atoms. The molecule has 0 aliphatic heterocycles. The summed E-state index contributed by atoms with van der Waals surface area (Å²) in [5, 5.41) is 3.66. The lowest BCUT2D eigenvalue weighted by atomic mass is 10.0. The van der Waals surface area contributed by atoms with E-state index in [0.29, 0.717) is 18.2 Å². The molecule has 1 rings (SSSR count). The summed E-state index contributed by atoms with van der Waals surface area (Å²) >= 11 is 0. The highest BCUT2D eigenvalue weighted by molar-refractivity contribution is 5.16. The van der Waals surface area contributed by atoms with Gasteiger partial charge in [-0.2, -0.15) is 0 Å². The maximum Gasteiger partial charge on any atom is 0.254 e. The highest BCUT2D eigenvalue weighted by atomic mass is 16.5. The number of methoxy groups -OCH3 is 2. The Morgan fingerprint density at radius 3 is 2.69 bits per heavy atom. The summed E-state index contributed by atoms with van der Waals surface area (Å²) in [6, 6.07) is 1.66. The van der Waals surface area contributed by atoms with Crippen molar-refractivity contribution in [3.05, 3.63) is 11.8 Å². The van der Waals surface area contributed by atoms with Gasteiger partial charge in [0.25, 0.3) is 5.88 Å². The number of hydrogen-bond donors (Lipinski definition) is 1. The summed E-state index contributed by atoms with van der Waals surface area (Å²) < 4.78 is 15.1. The summed E-state index contributed by atoms with van der Waals surface area (Å²) in [5.74, 6) is 0.987. The van der Waals surface area contributed by atoms with Gasteiger partial charge in [0.1, 0.15) is 5.60 Å². The van der Waals surface area contributed by atoms with E-state index in [-0.39, 0.29) is 0 Å². The molecule has 0 aliphatic rings. The van der Waals surface area contributed by atoms with Gasteiger partial charge < -0.3 is 19.7 Å². The van der Waals surface area contributed by atoms with E-state index in [1.165, 1.54) is 7.11 Å². The molecule has 1 unspecified atom stereocenters. The normalized spacial score (nSPS) is 15.4. The van der Waals surface area contributed by atoms with Gasteiger partial charge in [-0.15, -0.1) is 0 Å². The molecule has 5 heteroatoms. The predicted molar refractivity (Wildman–Crippen MR) is 46.5 cm³/mol. The van der Waals surface area contributed by atoms with Crippen LogP contribution >= 0.6 is 0 Å². The van der Waals surface area contributed by atoms with E-state index in [2.05, 4.69) is 5.16 Å². The van der Waals surface area contributed by atoms with Crippen molar-refractivity contribution >= 4 is 0 Å². The van der Waals surface area contributed by atoms with Crippen molar-refractivity contribution in [3.8, 4) is 5.88 Å². The van der Waals surface area contributed by atoms with Crippen molar-refractivity contribution in [2.75, 3.05) is 20.8 Å². The fourth-order valence-corrected chi connectivity index (χ4v) is 0.889. The number of aromatic nitrogens is 1. The number of ether oxygens (including phenoxy) is 2. The van der Waals surface area contributed by atoms with Crippen LogP contribution in [0.5, 0.6) is 5.88 Å². The molecular weight excluding hydrogens is 172 g/mol. The van der Waals surface area contributed by atoms with Crippen LogP contribution in [0.3, 0.4) is 0 Å². The van der Waals surface area contributed by atoms with E-state index in [1.54, 1.807) is 13.2 Å². The van der Waals surface area contributed by atoms with Crippen LogP contribution in [-0.2, 0) is 10.3 Å².